The van der Waals surface area contributed by atoms with Crippen molar-refractivity contribution in [2.75, 3.05) is 0 Å². The molecule has 0 saturated carbocycles. The second kappa shape index (κ2) is 5.04. The van der Waals surface area contributed by atoms with Crippen LogP contribution in [0.4, 0.5) is 13.2 Å². The molecule has 0 heterocycles. The second-order valence-corrected chi connectivity index (χ2v) is 3.80. The highest BCUT2D eigenvalue weighted by Gasteiger charge is 2.08. The molecule has 0 fully saturated rings. The number of benzene rings is 2. The topological polar surface area (TPSA) is 0 Å². The lowest BCUT2D eigenvalue weighted by atomic mass is 10.0. The molecule has 0 nitrogen and oxygen atoms in total. The normalized spacial score (nSPS) is 10.5. The van der Waals surface area contributed by atoms with Crippen LogP contribution in [0.15, 0.2) is 42.5 Å². The Morgan fingerprint density at radius 1 is 0.647 bits per heavy atom. The van der Waals surface area contributed by atoms with Gasteiger partial charge in [-0.1, -0.05) is 30.3 Å². The highest BCUT2D eigenvalue weighted by Crippen LogP contribution is 2.15. The summed E-state index contributed by atoms with van der Waals surface area (Å²) in [6.45, 7) is 0. The zero-order valence-corrected chi connectivity index (χ0v) is 9.09. The maximum absolute atomic E-state index is 13.3. The van der Waals surface area contributed by atoms with E-state index in [1.807, 2.05) is 0 Å². The zero-order valence-electron chi connectivity index (χ0n) is 9.09. The lowest BCUT2D eigenvalue weighted by Gasteiger charge is -2.05. The highest BCUT2D eigenvalue weighted by atomic mass is 19.2. The van der Waals surface area contributed by atoms with Gasteiger partial charge in [0.25, 0.3) is 0 Å². The maximum Gasteiger partial charge on any atom is 0.162 e. The van der Waals surface area contributed by atoms with Crippen LogP contribution in [0, 0.1) is 17.5 Å². The number of hydrogen-bond acceptors (Lipinski definition) is 0. The van der Waals surface area contributed by atoms with Crippen LogP contribution in [0.3, 0.4) is 0 Å². The fourth-order valence-electron chi connectivity index (χ4n) is 1.71. The van der Waals surface area contributed by atoms with E-state index in [-0.39, 0.29) is 17.8 Å². The molecular formula is C14H11F3. The summed E-state index contributed by atoms with van der Waals surface area (Å²) in [5.74, 6) is -2.02. The molecule has 2 aromatic carbocycles. The van der Waals surface area contributed by atoms with Gasteiger partial charge in [0.1, 0.15) is 5.82 Å². The van der Waals surface area contributed by atoms with Gasteiger partial charge in [0.2, 0.25) is 0 Å². The largest absolute Gasteiger partial charge is 0.207 e. The van der Waals surface area contributed by atoms with Crippen LogP contribution in [0.2, 0.25) is 0 Å². The minimum atomic E-state index is -0.865. The van der Waals surface area contributed by atoms with Gasteiger partial charge in [-0.2, -0.15) is 0 Å². The van der Waals surface area contributed by atoms with E-state index in [9.17, 15) is 13.2 Å². The lowest BCUT2D eigenvalue weighted by Crippen LogP contribution is -1.98. The molecule has 0 aromatic heterocycles. The van der Waals surface area contributed by atoms with Gasteiger partial charge in [-0.15, -0.1) is 0 Å². The average Bonchev–Trinajstić information content (AvgIpc) is 2.33. The van der Waals surface area contributed by atoms with E-state index in [1.165, 1.54) is 18.2 Å². The third kappa shape index (κ3) is 2.67. The van der Waals surface area contributed by atoms with E-state index in [0.29, 0.717) is 12.0 Å². The molecule has 0 spiro atoms. The number of halogens is 3. The smallest absolute Gasteiger partial charge is 0.162 e. The Balaban J connectivity index is 2.13. The molecular weight excluding hydrogens is 225 g/mol. The molecule has 2 rings (SSSR count). The van der Waals surface area contributed by atoms with Crippen LogP contribution in [0.5, 0.6) is 0 Å². The minimum Gasteiger partial charge on any atom is -0.207 e. The molecule has 0 unspecified atom stereocenters. The fraction of sp³-hybridized carbons (Fsp3) is 0.143. The summed E-state index contributed by atoms with van der Waals surface area (Å²) in [5, 5.41) is 0. The lowest BCUT2D eigenvalue weighted by molar-refractivity contribution is 0.498. The quantitative estimate of drug-likeness (QED) is 0.758. The maximum atomic E-state index is 13.3. The Bertz CT molecular complexity index is 521. The van der Waals surface area contributed by atoms with Crippen molar-refractivity contribution < 1.29 is 13.2 Å². The van der Waals surface area contributed by atoms with Crippen LogP contribution < -0.4 is 0 Å². The zero-order chi connectivity index (χ0) is 12.3. The van der Waals surface area contributed by atoms with Gasteiger partial charge in [-0.05, 0) is 36.1 Å². The third-order valence-corrected chi connectivity index (χ3v) is 2.65. The summed E-state index contributed by atoms with van der Waals surface area (Å²) in [4.78, 5) is 0. The van der Waals surface area contributed by atoms with Crippen molar-refractivity contribution in [3.05, 3.63) is 71.0 Å². The molecule has 2 aromatic rings. The van der Waals surface area contributed by atoms with Crippen molar-refractivity contribution in [1.29, 1.82) is 0 Å². The Morgan fingerprint density at radius 3 is 2.00 bits per heavy atom. The van der Waals surface area contributed by atoms with Crippen molar-refractivity contribution in [3.63, 3.8) is 0 Å². The third-order valence-electron chi connectivity index (χ3n) is 2.65. The summed E-state index contributed by atoms with van der Waals surface area (Å²) in [5.41, 5.74) is 0.782. The first kappa shape index (κ1) is 11.7. The Labute approximate surface area is 97.7 Å². The number of rotatable bonds is 3. The van der Waals surface area contributed by atoms with Gasteiger partial charge in [0.15, 0.2) is 11.6 Å². The first-order valence-electron chi connectivity index (χ1n) is 5.35. The SMILES string of the molecule is Fc1ccccc1CCc1cccc(F)c1F. The molecule has 0 aliphatic rings. The Morgan fingerprint density at radius 2 is 1.24 bits per heavy atom. The van der Waals surface area contributed by atoms with Crippen LogP contribution in [0.25, 0.3) is 0 Å². The summed E-state index contributed by atoms with van der Waals surface area (Å²) in [6.07, 6.45) is 0.636. The first-order chi connectivity index (χ1) is 8.18. The van der Waals surface area contributed by atoms with E-state index in [2.05, 4.69) is 0 Å². The van der Waals surface area contributed by atoms with Gasteiger partial charge < -0.3 is 0 Å². The summed E-state index contributed by atoms with van der Waals surface area (Å²) < 4.78 is 39.6. The molecule has 17 heavy (non-hydrogen) atoms. The van der Waals surface area contributed by atoms with Crippen molar-refractivity contribution in [1.82, 2.24) is 0 Å². The molecule has 0 radical (unpaired) electrons. The summed E-state index contributed by atoms with van der Waals surface area (Å²) >= 11 is 0. The molecule has 3 heteroatoms. The van der Waals surface area contributed by atoms with Gasteiger partial charge in [0, 0.05) is 0 Å². The molecule has 88 valence electrons. The summed E-state index contributed by atoms with van der Waals surface area (Å²) in [6, 6.07) is 10.4. The standard InChI is InChI=1S/C14H11F3/c15-12-6-2-1-4-10(12)8-9-11-5-3-7-13(16)14(11)17/h1-7H,8-9H2. The van der Waals surface area contributed by atoms with Gasteiger partial charge in [-0.25, -0.2) is 13.2 Å². The molecule has 0 bridgehead atoms. The van der Waals surface area contributed by atoms with Crippen LogP contribution >= 0.6 is 0 Å². The predicted molar refractivity (Wildman–Crippen MR) is 60.2 cm³/mol. The summed E-state index contributed by atoms with van der Waals surface area (Å²) in [7, 11) is 0. The number of hydrogen-bond donors (Lipinski definition) is 0. The van der Waals surface area contributed by atoms with E-state index in [0.717, 1.165) is 6.07 Å². The average molecular weight is 236 g/mol. The van der Waals surface area contributed by atoms with Gasteiger partial charge in [-0.3, -0.25) is 0 Å². The van der Waals surface area contributed by atoms with Crippen LogP contribution in [-0.2, 0) is 12.8 Å². The van der Waals surface area contributed by atoms with E-state index < -0.39 is 11.6 Å². The predicted octanol–water partition coefficient (Wildman–Crippen LogP) is 3.89. The molecule has 0 atom stereocenters. The fourth-order valence-corrected chi connectivity index (χ4v) is 1.71. The van der Waals surface area contributed by atoms with Crippen LogP contribution in [0.1, 0.15) is 11.1 Å². The Kier molecular flexibility index (Phi) is 3.47. The minimum absolute atomic E-state index is 0.272. The Hall–Kier alpha value is -1.77. The van der Waals surface area contributed by atoms with E-state index in [1.54, 1.807) is 18.2 Å². The molecule has 0 amide bonds. The molecule has 0 aliphatic carbocycles. The van der Waals surface area contributed by atoms with Crippen molar-refractivity contribution >= 4 is 0 Å². The van der Waals surface area contributed by atoms with Gasteiger partial charge in [0.05, 0.1) is 0 Å². The monoisotopic (exact) mass is 236 g/mol. The molecule has 0 N–H and O–H groups in total. The van der Waals surface area contributed by atoms with E-state index in [4.69, 9.17) is 0 Å². The molecule has 0 saturated heterocycles. The van der Waals surface area contributed by atoms with Crippen molar-refractivity contribution in [2.45, 2.75) is 12.8 Å². The number of aryl methyl sites for hydroxylation is 2. The van der Waals surface area contributed by atoms with E-state index >= 15 is 0 Å². The molecule has 0 aliphatic heterocycles. The second-order valence-electron chi connectivity index (χ2n) is 3.80. The first-order valence-corrected chi connectivity index (χ1v) is 5.35. The van der Waals surface area contributed by atoms with Gasteiger partial charge >= 0.3 is 0 Å². The van der Waals surface area contributed by atoms with Crippen molar-refractivity contribution in [2.24, 2.45) is 0 Å². The van der Waals surface area contributed by atoms with Crippen molar-refractivity contribution in [3.8, 4) is 0 Å². The van der Waals surface area contributed by atoms with Crippen LogP contribution in [-0.4, -0.2) is 0 Å². The highest BCUT2D eigenvalue weighted by molar-refractivity contribution is 5.23.